The number of fused-ring (bicyclic) bond motifs is 2. The van der Waals surface area contributed by atoms with Gasteiger partial charge in [0.1, 0.15) is 5.75 Å². The van der Waals surface area contributed by atoms with Crippen LogP contribution in [0.3, 0.4) is 0 Å². The number of rotatable bonds is 4. The molecule has 4 aromatic rings. The molecule has 1 amide bonds. The molecule has 6 rings (SSSR count). The highest BCUT2D eigenvalue weighted by Gasteiger charge is 2.26. The van der Waals surface area contributed by atoms with E-state index in [2.05, 4.69) is 17.0 Å². The van der Waals surface area contributed by atoms with Gasteiger partial charge in [-0.2, -0.15) is 0 Å². The van der Waals surface area contributed by atoms with Crippen LogP contribution < -0.4 is 9.64 Å². The molecule has 0 spiro atoms. The molecule has 2 aliphatic rings. The Kier molecular flexibility index (Phi) is 5.96. The lowest BCUT2D eigenvalue weighted by Gasteiger charge is -2.36. The Hall–Kier alpha value is -3.64. The second kappa shape index (κ2) is 9.55. The maximum Gasteiger partial charge on any atom is 0.255 e. The lowest BCUT2D eigenvalue weighted by molar-refractivity contribution is -0.105. The summed E-state index contributed by atoms with van der Waals surface area (Å²) in [6.07, 6.45) is 3.03. The third-order valence-corrected chi connectivity index (χ3v) is 6.96. The van der Waals surface area contributed by atoms with Crippen LogP contribution in [0.1, 0.15) is 29.6 Å². The highest BCUT2D eigenvalue weighted by atomic mass is 16.7. The van der Waals surface area contributed by atoms with E-state index in [1.807, 2.05) is 65.6 Å². The van der Waals surface area contributed by atoms with E-state index in [9.17, 15) is 4.79 Å². The Morgan fingerprint density at radius 3 is 2.26 bits per heavy atom. The Balaban J connectivity index is 1.20. The minimum absolute atomic E-state index is 0.0750. The summed E-state index contributed by atoms with van der Waals surface area (Å²) >= 11 is 0. The van der Waals surface area contributed by atoms with Gasteiger partial charge in [0.05, 0.1) is 23.2 Å². The number of hydrogen-bond donors (Lipinski definition) is 0. The second-order valence-electron chi connectivity index (χ2n) is 9.21. The molecule has 6 heteroatoms. The smallest absolute Gasteiger partial charge is 0.255 e. The quantitative estimate of drug-likeness (QED) is 0.384. The number of benzene rings is 3. The first kappa shape index (κ1) is 21.9. The van der Waals surface area contributed by atoms with Crippen molar-refractivity contribution in [1.82, 2.24) is 9.88 Å². The molecule has 0 saturated carbocycles. The van der Waals surface area contributed by atoms with Gasteiger partial charge < -0.3 is 19.3 Å². The minimum atomic E-state index is -0.154. The largest absolute Gasteiger partial charge is 0.465 e. The van der Waals surface area contributed by atoms with Crippen LogP contribution in [-0.4, -0.2) is 54.9 Å². The lowest BCUT2D eigenvalue weighted by Crippen LogP contribution is -2.48. The van der Waals surface area contributed by atoms with Crippen LogP contribution in [0.2, 0.25) is 0 Å². The maximum atomic E-state index is 13.8. The Labute approximate surface area is 205 Å². The number of carbonyl (C=O) groups is 1. The van der Waals surface area contributed by atoms with Crippen molar-refractivity contribution in [3.63, 3.8) is 0 Å². The van der Waals surface area contributed by atoms with Crippen molar-refractivity contribution in [1.29, 1.82) is 0 Å². The summed E-state index contributed by atoms with van der Waals surface area (Å²) in [6, 6.07) is 24.0. The maximum absolute atomic E-state index is 13.8. The van der Waals surface area contributed by atoms with Gasteiger partial charge in [-0.3, -0.25) is 4.79 Å². The van der Waals surface area contributed by atoms with Crippen molar-refractivity contribution < 1.29 is 14.3 Å². The van der Waals surface area contributed by atoms with Gasteiger partial charge in [0.2, 0.25) is 0 Å². The summed E-state index contributed by atoms with van der Waals surface area (Å²) in [7, 11) is 0. The van der Waals surface area contributed by atoms with Crippen molar-refractivity contribution in [3.8, 4) is 5.75 Å². The standard InChI is InChI=1S/C29H29N3O3/c33-29(28-23-10-1-3-12-25(23)30-26-13-4-2-11-24(26)28)32-17-15-31(16-18-32)21-8-7-9-22(20-21)35-27-14-5-6-19-34-27/h1-4,7-13,20,27H,5-6,14-19H2. The Morgan fingerprint density at radius 2 is 1.57 bits per heavy atom. The van der Waals surface area contributed by atoms with Crippen LogP contribution in [-0.2, 0) is 4.74 Å². The molecule has 178 valence electrons. The zero-order valence-electron chi connectivity index (χ0n) is 19.7. The normalized spacial score (nSPS) is 18.7. The average Bonchev–Trinajstić information content (AvgIpc) is 2.92. The number of nitrogens with zero attached hydrogens (tertiary/aromatic N) is 3. The van der Waals surface area contributed by atoms with Gasteiger partial charge in [-0.05, 0) is 37.1 Å². The van der Waals surface area contributed by atoms with Crippen LogP contribution >= 0.6 is 0 Å². The van der Waals surface area contributed by atoms with E-state index in [0.29, 0.717) is 13.1 Å². The molecule has 3 heterocycles. The van der Waals surface area contributed by atoms with Gasteiger partial charge in [0.25, 0.3) is 5.91 Å². The Morgan fingerprint density at radius 1 is 0.857 bits per heavy atom. The number of amides is 1. The summed E-state index contributed by atoms with van der Waals surface area (Å²) in [4.78, 5) is 22.9. The van der Waals surface area contributed by atoms with Crippen molar-refractivity contribution in [3.05, 3.63) is 78.4 Å². The first-order valence-corrected chi connectivity index (χ1v) is 12.5. The highest BCUT2D eigenvalue weighted by Crippen LogP contribution is 2.29. The number of pyridine rings is 1. The van der Waals surface area contributed by atoms with E-state index >= 15 is 0 Å². The molecule has 2 fully saturated rings. The molecular weight excluding hydrogens is 438 g/mol. The molecule has 0 aliphatic carbocycles. The van der Waals surface area contributed by atoms with Gasteiger partial charge in [-0.15, -0.1) is 0 Å². The number of carbonyl (C=O) groups excluding carboxylic acids is 1. The van der Waals surface area contributed by atoms with Crippen LogP contribution in [0.5, 0.6) is 5.75 Å². The molecule has 3 aromatic carbocycles. The van der Waals surface area contributed by atoms with Gasteiger partial charge in [0.15, 0.2) is 6.29 Å². The zero-order valence-corrected chi connectivity index (χ0v) is 19.7. The third-order valence-electron chi connectivity index (χ3n) is 6.96. The monoisotopic (exact) mass is 467 g/mol. The van der Waals surface area contributed by atoms with E-state index in [4.69, 9.17) is 14.5 Å². The van der Waals surface area contributed by atoms with E-state index in [-0.39, 0.29) is 12.2 Å². The fraction of sp³-hybridized carbons (Fsp3) is 0.310. The third kappa shape index (κ3) is 4.42. The summed E-state index contributed by atoms with van der Waals surface area (Å²) in [5.74, 6) is 0.911. The molecule has 2 saturated heterocycles. The molecular formula is C29H29N3O3. The predicted octanol–water partition coefficient (Wildman–Crippen LogP) is 5.26. The number of anilines is 1. The summed E-state index contributed by atoms with van der Waals surface area (Å²) < 4.78 is 11.8. The van der Waals surface area contributed by atoms with Crippen LogP contribution in [0.4, 0.5) is 5.69 Å². The number of para-hydroxylation sites is 2. The molecule has 0 radical (unpaired) electrons. The van der Waals surface area contributed by atoms with Gasteiger partial charge in [0, 0.05) is 55.1 Å². The molecule has 0 N–H and O–H groups in total. The SMILES string of the molecule is O=C(c1c2ccccc2nc2ccccc12)N1CCN(c2cccc(OC3CCCCO3)c2)CC1. The van der Waals surface area contributed by atoms with Crippen LogP contribution in [0, 0.1) is 0 Å². The second-order valence-corrected chi connectivity index (χ2v) is 9.21. The predicted molar refractivity (Wildman–Crippen MR) is 138 cm³/mol. The number of piperazine rings is 1. The zero-order chi connectivity index (χ0) is 23.6. The lowest BCUT2D eigenvalue weighted by atomic mass is 10.0. The number of aromatic nitrogens is 1. The van der Waals surface area contributed by atoms with Crippen molar-refractivity contribution in [2.45, 2.75) is 25.6 Å². The molecule has 1 aromatic heterocycles. The van der Waals surface area contributed by atoms with Crippen molar-refractivity contribution >= 4 is 33.4 Å². The summed E-state index contributed by atoms with van der Waals surface area (Å²) in [6.45, 7) is 3.65. The number of ether oxygens (including phenoxy) is 2. The Bertz CT molecular complexity index is 1300. The topological polar surface area (TPSA) is 54.9 Å². The fourth-order valence-electron chi connectivity index (χ4n) is 5.11. The van der Waals surface area contributed by atoms with Gasteiger partial charge in [-0.25, -0.2) is 4.98 Å². The molecule has 35 heavy (non-hydrogen) atoms. The minimum Gasteiger partial charge on any atom is -0.465 e. The van der Waals surface area contributed by atoms with Gasteiger partial charge in [-0.1, -0.05) is 42.5 Å². The highest BCUT2D eigenvalue weighted by molar-refractivity contribution is 6.16. The van der Waals surface area contributed by atoms with E-state index < -0.39 is 0 Å². The summed E-state index contributed by atoms with van der Waals surface area (Å²) in [5, 5.41) is 1.82. The van der Waals surface area contributed by atoms with Gasteiger partial charge >= 0.3 is 0 Å². The molecule has 2 aliphatic heterocycles. The van der Waals surface area contributed by atoms with E-state index in [1.165, 1.54) is 0 Å². The molecule has 6 nitrogen and oxygen atoms in total. The van der Waals surface area contributed by atoms with E-state index in [1.54, 1.807) is 0 Å². The fourth-order valence-corrected chi connectivity index (χ4v) is 5.11. The molecule has 1 atom stereocenters. The number of hydrogen-bond acceptors (Lipinski definition) is 5. The van der Waals surface area contributed by atoms with Crippen LogP contribution in [0.25, 0.3) is 21.8 Å². The van der Waals surface area contributed by atoms with Crippen molar-refractivity contribution in [2.75, 3.05) is 37.7 Å². The van der Waals surface area contributed by atoms with Crippen LogP contribution in [0.15, 0.2) is 72.8 Å². The molecule has 1 unspecified atom stereocenters. The summed E-state index contributed by atoms with van der Waals surface area (Å²) in [5.41, 5.74) is 3.58. The average molecular weight is 468 g/mol. The molecule has 0 bridgehead atoms. The van der Waals surface area contributed by atoms with Crippen molar-refractivity contribution in [2.24, 2.45) is 0 Å². The van der Waals surface area contributed by atoms with E-state index in [0.717, 1.165) is 77.8 Å². The first-order valence-electron chi connectivity index (χ1n) is 12.5. The first-order chi connectivity index (χ1) is 17.3.